The van der Waals surface area contributed by atoms with Crippen molar-refractivity contribution in [2.45, 2.75) is 26.2 Å². The number of aromatic amines is 1. The minimum absolute atomic E-state index is 0.685. The molecule has 3 rings (SSSR count). The van der Waals surface area contributed by atoms with Crippen molar-refractivity contribution in [3.8, 4) is 11.3 Å². The summed E-state index contributed by atoms with van der Waals surface area (Å²) >= 11 is 0. The summed E-state index contributed by atoms with van der Waals surface area (Å²) in [6.45, 7) is 3.36. The summed E-state index contributed by atoms with van der Waals surface area (Å²) in [6, 6.07) is 10.7. The number of hydrogen-bond donors (Lipinski definition) is 1. The highest BCUT2D eigenvalue weighted by atomic mass is 15.0. The zero-order valence-electron chi connectivity index (χ0n) is 13.9. The number of nitrogens with zero attached hydrogens (tertiary/aromatic N) is 1. The van der Waals surface area contributed by atoms with Gasteiger partial charge < -0.3 is 9.88 Å². The summed E-state index contributed by atoms with van der Waals surface area (Å²) in [4.78, 5) is 5.94. The first-order valence-electron chi connectivity index (χ1n) is 8.32. The number of likely N-dealkylation sites (N-methyl/N-ethyl adjacent to an activating group) is 1. The average molecular weight is 294 g/mol. The Balaban J connectivity index is 2.13. The maximum atomic E-state index is 3.68. The van der Waals surface area contributed by atoms with E-state index in [9.17, 15) is 0 Å². The fourth-order valence-electron chi connectivity index (χ4n) is 3.23. The van der Waals surface area contributed by atoms with Gasteiger partial charge in [0.2, 0.25) is 0 Å². The molecule has 2 nitrogen and oxygen atoms in total. The van der Waals surface area contributed by atoms with Crippen molar-refractivity contribution in [2.75, 3.05) is 20.6 Å². The molecule has 1 aromatic carbocycles. The van der Waals surface area contributed by atoms with Gasteiger partial charge in [-0.15, -0.1) is 0 Å². The second-order valence-corrected chi connectivity index (χ2v) is 6.50. The van der Waals surface area contributed by atoms with Crippen molar-refractivity contribution < 1.29 is 0 Å². The summed E-state index contributed by atoms with van der Waals surface area (Å²) in [7, 11) is 4.29. The lowest BCUT2D eigenvalue weighted by Crippen LogP contribution is -2.30. The van der Waals surface area contributed by atoms with Crippen LogP contribution < -0.4 is 10.6 Å². The highest BCUT2D eigenvalue weighted by molar-refractivity contribution is 5.65. The molecular formula is C20H26N2. The van der Waals surface area contributed by atoms with Crippen LogP contribution in [0.15, 0.2) is 30.3 Å². The third-order valence-corrected chi connectivity index (χ3v) is 4.60. The van der Waals surface area contributed by atoms with Crippen LogP contribution in [0.1, 0.15) is 25.3 Å². The van der Waals surface area contributed by atoms with Gasteiger partial charge in [-0.05, 0) is 55.6 Å². The third-order valence-electron chi connectivity index (χ3n) is 4.60. The monoisotopic (exact) mass is 294 g/mol. The number of nitrogens with one attached hydrogen (secondary N) is 1. The van der Waals surface area contributed by atoms with Crippen LogP contribution >= 0.6 is 0 Å². The zero-order chi connectivity index (χ0) is 15.5. The van der Waals surface area contributed by atoms with Crippen LogP contribution in [0.5, 0.6) is 0 Å². The van der Waals surface area contributed by atoms with Crippen molar-refractivity contribution in [3.05, 3.63) is 46.5 Å². The molecule has 1 heterocycles. The van der Waals surface area contributed by atoms with Crippen molar-refractivity contribution in [2.24, 2.45) is 5.92 Å². The second-order valence-electron chi connectivity index (χ2n) is 6.50. The highest BCUT2D eigenvalue weighted by Gasteiger charge is 2.15. The van der Waals surface area contributed by atoms with Gasteiger partial charge in [-0.3, -0.25) is 0 Å². The van der Waals surface area contributed by atoms with Crippen molar-refractivity contribution in [3.63, 3.8) is 0 Å². The Labute approximate surface area is 133 Å². The number of hydrogen-bond acceptors (Lipinski definition) is 1. The van der Waals surface area contributed by atoms with Crippen LogP contribution in [0.2, 0.25) is 0 Å². The zero-order valence-corrected chi connectivity index (χ0v) is 13.9. The van der Waals surface area contributed by atoms with Crippen LogP contribution in [0, 0.1) is 5.92 Å². The van der Waals surface area contributed by atoms with Gasteiger partial charge >= 0.3 is 0 Å². The lowest BCUT2D eigenvalue weighted by atomic mass is 9.95. The van der Waals surface area contributed by atoms with E-state index in [0.29, 0.717) is 5.92 Å². The minimum Gasteiger partial charge on any atom is -0.355 e. The van der Waals surface area contributed by atoms with E-state index in [1.54, 1.807) is 0 Å². The minimum atomic E-state index is 0.685. The van der Waals surface area contributed by atoms with Crippen molar-refractivity contribution in [1.82, 2.24) is 9.88 Å². The normalized spacial score (nSPS) is 17.0. The van der Waals surface area contributed by atoms with E-state index in [0.717, 1.165) is 19.4 Å². The van der Waals surface area contributed by atoms with E-state index in [1.807, 2.05) is 0 Å². The number of H-pyrrole nitrogens is 1. The smallest absolute Gasteiger partial charge is 0.0497 e. The van der Waals surface area contributed by atoms with Crippen LogP contribution in [-0.4, -0.2) is 30.5 Å². The van der Waals surface area contributed by atoms with E-state index < -0.39 is 0 Å². The Morgan fingerprint density at radius 2 is 1.95 bits per heavy atom. The SMILES string of the molecule is CCC1C=c2c(CCN(C)C)c(-c3ccccc3)[nH]c2=CC1. The standard InChI is InChI=1S/C20H26N2/c1-4-15-10-11-19-18(14-15)17(12-13-22(2)3)20(21-19)16-8-6-5-7-9-16/h5-9,11,14-15,21H,4,10,12-13H2,1-3H3. The van der Waals surface area contributed by atoms with E-state index in [4.69, 9.17) is 0 Å². The van der Waals surface area contributed by atoms with Crippen molar-refractivity contribution in [1.29, 1.82) is 0 Å². The van der Waals surface area contributed by atoms with E-state index in [1.165, 1.54) is 33.8 Å². The van der Waals surface area contributed by atoms with Crippen LogP contribution in [0.3, 0.4) is 0 Å². The molecule has 116 valence electrons. The fraction of sp³-hybridized carbons (Fsp3) is 0.400. The Hall–Kier alpha value is -1.80. The Bertz CT molecular complexity index is 738. The van der Waals surface area contributed by atoms with Crippen LogP contribution in [0.25, 0.3) is 23.4 Å². The Kier molecular flexibility index (Phi) is 4.49. The molecule has 0 amide bonds. The molecule has 2 aromatic rings. The van der Waals surface area contributed by atoms with Gasteiger partial charge in [0.05, 0.1) is 0 Å². The van der Waals surface area contributed by atoms with E-state index in [2.05, 4.69) is 73.4 Å². The first-order valence-corrected chi connectivity index (χ1v) is 8.32. The number of fused-ring (bicyclic) bond motifs is 1. The van der Waals surface area contributed by atoms with Gasteiger partial charge in [-0.1, -0.05) is 49.4 Å². The molecule has 0 bridgehead atoms. The molecular weight excluding hydrogens is 268 g/mol. The lowest BCUT2D eigenvalue weighted by Gasteiger charge is -2.12. The molecule has 1 N–H and O–H groups in total. The molecule has 1 atom stereocenters. The van der Waals surface area contributed by atoms with E-state index >= 15 is 0 Å². The predicted octanol–water partition coefficient (Wildman–Crippen LogP) is 2.78. The van der Waals surface area contributed by atoms with Crippen molar-refractivity contribution >= 4 is 12.2 Å². The first-order chi connectivity index (χ1) is 10.7. The summed E-state index contributed by atoms with van der Waals surface area (Å²) in [5.74, 6) is 0.685. The highest BCUT2D eigenvalue weighted by Crippen LogP contribution is 2.21. The molecule has 0 saturated heterocycles. The van der Waals surface area contributed by atoms with Gasteiger partial charge in [0.25, 0.3) is 0 Å². The molecule has 0 aliphatic heterocycles. The summed E-state index contributed by atoms with van der Waals surface area (Å²) in [5.41, 5.74) is 4.07. The number of rotatable bonds is 5. The van der Waals surface area contributed by atoms with Crippen LogP contribution in [0.4, 0.5) is 0 Å². The molecule has 2 heteroatoms. The van der Waals surface area contributed by atoms with Gasteiger partial charge in [-0.2, -0.15) is 0 Å². The molecule has 22 heavy (non-hydrogen) atoms. The molecule has 1 aliphatic rings. The van der Waals surface area contributed by atoms with E-state index in [-0.39, 0.29) is 0 Å². The van der Waals surface area contributed by atoms with Gasteiger partial charge in [0.1, 0.15) is 0 Å². The summed E-state index contributed by atoms with van der Waals surface area (Å²) < 4.78 is 0. The molecule has 1 aliphatic carbocycles. The number of benzene rings is 1. The predicted molar refractivity (Wildman–Crippen MR) is 95.1 cm³/mol. The topological polar surface area (TPSA) is 19.0 Å². The quantitative estimate of drug-likeness (QED) is 0.898. The van der Waals surface area contributed by atoms with Gasteiger partial charge in [0, 0.05) is 17.6 Å². The van der Waals surface area contributed by atoms with Gasteiger partial charge in [-0.25, -0.2) is 0 Å². The Morgan fingerprint density at radius 1 is 1.18 bits per heavy atom. The maximum absolute atomic E-state index is 3.68. The third kappa shape index (κ3) is 3.02. The molecule has 1 aromatic heterocycles. The summed E-state index contributed by atoms with van der Waals surface area (Å²) in [6.07, 6.45) is 8.34. The first kappa shape index (κ1) is 15.1. The molecule has 0 fully saturated rings. The molecule has 0 radical (unpaired) electrons. The van der Waals surface area contributed by atoms with Crippen LogP contribution in [-0.2, 0) is 6.42 Å². The average Bonchev–Trinajstić information content (AvgIpc) is 2.91. The maximum Gasteiger partial charge on any atom is 0.0497 e. The second kappa shape index (κ2) is 6.53. The number of aromatic nitrogens is 1. The molecule has 0 saturated carbocycles. The Morgan fingerprint density at radius 3 is 2.64 bits per heavy atom. The summed E-state index contributed by atoms with van der Waals surface area (Å²) in [5, 5.41) is 2.76. The largest absolute Gasteiger partial charge is 0.355 e. The molecule has 1 unspecified atom stereocenters. The van der Waals surface area contributed by atoms with Gasteiger partial charge in [0.15, 0.2) is 0 Å². The lowest BCUT2D eigenvalue weighted by molar-refractivity contribution is 0.413. The molecule has 0 spiro atoms. The fourth-order valence-corrected chi connectivity index (χ4v) is 3.23.